The maximum atomic E-state index is 12.4. The molecule has 0 radical (unpaired) electrons. The van der Waals surface area contributed by atoms with E-state index < -0.39 is 0 Å². The average Bonchev–Trinajstić information content (AvgIpc) is 2.77. The number of nitrogens with zero attached hydrogens (tertiary/aromatic N) is 3. The van der Waals surface area contributed by atoms with Crippen molar-refractivity contribution in [2.45, 2.75) is 45.7 Å². The molecule has 19 heavy (non-hydrogen) atoms. The molecular formula is C15H19N3O. The monoisotopic (exact) mass is 257 g/mol. The molecule has 0 unspecified atom stereocenters. The quantitative estimate of drug-likeness (QED) is 0.828. The molecule has 2 heterocycles. The number of aryl methyl sites for hydroxylation is 2. The molecule has 1 aromatic carbocycles. The van der Waals surface area contributed by atoms with E-state index in [4.69, 9.17) is 0 Å². The van der Waals surface area contributed by atoms with Gasteiger partial charge in [0, 0.05) is 13.0 Å². The molecule has 0 saturated heterocycles. The van der Waals surface area contributed by atoms with Crippen LogP contribution in [0.5, 0.6) is 0 Å². The van der Waals surface area contributed by atoms with E-state index >= 15 is 0 Å². The van der Waals surface area contributed by atoms with Gasteiger partial charge in [-0.05, 0) is 32.3 Å². The summed E-state index contributed by atoms with van der Waals surface area (Å²) < 4.78 is 3.46. The van der Waals surface area contributed by atoms with Crippen molar-refractivity contribution in [3.63, 3.8) is 0 Å². The van der Waals surface area contributed by atoms with Crippen LogP contribution in [0.3, 0.4) is 0 Å². The summed E-state index contributed by atoms with van der Waals surface area (Å²) in [6.45, 7) is 4.91. The second-order valence-corrected chi connectivity index (χ2v) is 5.34. The second-order valence-electron chi connectivity index (χ2n) is 5.34. The Balaban J connectivity index is 2.00. The van der Waals surface area contributed by atoms with Crippen molar-refractivity contribution in [1.82, 2.24) is 14.3 Å². The fourth-order valence-corrected chi connectivity index (χ4v) is 2.66. The normalized spacial score (nSPS) is 16.1. The minimum Gasteiger partial charge on any atom is -0.279 e. The zero-order valence-electron chi connectivity index (χ0n) is 11.5. The molecule has 1 aromatic heterocycles. The Morgan fingerprint density at radius 1 is 1.21 bits per heavy atom. The predicted octanol–water partition coefficient (Wildman–Crippen LogP) is 2.30. The Bertz CT molecular complexity index is 636. The third-order valence-corrected chi connectivity index (χ3v) is 3.92. The summed E-state index contributed by atoms with van der Waals surface area (Å²) in [5.41, 5.74) is 2.39. The highest BCUT2D eigenvalue weighted by Gasteiger charge is 2.20. The number of benzene rings is 1. The first kappa shape index (κ1) is 12.2. The highest BCUT2D eigenvalue weighted by molar-refractivity contribution is 5.24. The number of fused-ring (bicyclic) bond motifs is 1. The van der Waals surface area contributed by atoms with Gasteiger partial charge in [-0.1, -0.05) is 29.8 Å². The Kier molecular flexibility index (Phi) is 3.01. The van der Waals surface area contributed by atoms with Gasteiger partial charge in [-0.2, -0.15) is 5.10 Å². The molecular weight excluding hydrogens is 238 g/mol. The summed E-state index contributed by atoms with van der Waals surface area (Å²) in [6.07, 6.45) is 3.13. The van der Waals surface area contributed by atoms with Gasteiger partial charge in [-0.25, -0.2) is 9.48 Å². The minimum absolute atomic E-state index is 0.00815. The van der Waals surface area contributed by atoms with E-state index in [1.54, 1.807) is 4.68 Å². The predicted molar refractivity (Wildman–Crippen MR) is 74.4 cm³/mol. The van der Waals surface area contributed by atoms with Crippen molar-refractivity contribution in [2.24, 2.45) is 0 Å². The largest absolute Gasteiger partial charge is 0.346 e. The lowest BCUT2D eigenvalue weighted by Crippen LogP contribution is -2.29. The van der Waals surface area contributed by atoms with Gasteiger partial charge in [0.15, 0.2) is 0 Å². The molecule has 100 valence electrons. The van der Waals surface area contributed by atoms with E-state index in [1.807, 2.05) is 11.5 Å². The summed E-state index contributed by atoms with van der Waals surface area (Å²) >= 11 is 0. The molecule has 0 saturated carbocycles. The van der Waals surface area contributed by atoms with E-state index in [-0.39, 0.29) is 11.7 Å². The van der Waals surface area contributed by atoms with Crippen LogP contribution in [0.25, 0.3) is 0 Å². The molecule has 1 aliphatic heterocycles. The van der Waals surface area contributed by atoms with Crippen LogP contribution in [0.2, 0.25) is 0 Å². The zero-order valence-corrected chi connectivity index (χ0v) is 11.5. The van der Waals surface area contributed by atoms with E-state index in [0.29, 0.717) is 0 Å². The molecule has 0 bridgehead atoms. The smallest absolute Gasteiger partial charge is 0.279 e. The van der Waals surface area contributed by atoms with Crippen molar-refractivity contribution in [3.8, 4) is 0 Å². The first-order valence-electron chi connectivity index (χ1n) is 6.91. The molecule has 4 nitrogen and oxygen atoms in total. The molecule has 0 spiro atoms. The van der Waals surface area contributed by atoms with Gasteiger partial charge < -0.3 is 0 Å². The van der Waals surface area contributed by atoms with Crippen LogP contribution >= 0.6 is 0 Å². The fourth-order valence-electron chi connectivity index (χ4n) is 2.66. The van der Waals surface area contributed by atoms with Gasteiger partial charge in [0.25, 0.3) is 0 Å². The lowest BCUT2D eigenvalue weighted by molar-refractivity contribution is 0.507. The third-order valence-electron chi connectivity index (χ3n) is 3.92. The molecule has 0 N–H and O–H groups in total. The van der Waals surface area contributed by atoms with Gasteiger partial charge in [0.2, 0.25) is 0 Å². The number of hydrogen-bond acceptors (Lipinski definition) is 2. The first-order valence-corrected chi connectivity index (χ1v) is 6.91. The van der Waals surface area contributed by atoms with Crippen LogP contribution in [0, 0.1) is 6.92 Å². The highest BCUT2D eigenvalue weighted by Crippen LogP contribution is 2.18. The molecule has 0 amide bonds. The molecule has 4 heteroatoms. The zero-order chi connectivity index (χ0) is 13.4. The molecule has 1 atom stereocenters. The summed E-state index contributed by atoms with van der Waals surface area (Å²) in [6, 6.07) is 8.29. The molecule has 2 aromatic rings. The average molecular weight is 257 g/mol. The minimum atomic E-state index is -0.00815. The number of aromatic nitrogens is 3. The standard InChI is InChI=1S/C15H19N3O/c1-11-6-8-13(9-7-11)12(2)18-15(19)17-10-4-3-5-14(17)16-18/h6-9,12H,3-5,10H2,1-2H3/t12-/m1/s1. The van der Waals surface area contributed by atoms with Crippen LogP contribution in [0.15, 0.2) is 29.1 Å². The van der Waals surface area contributed by atoms with Crippen molar-refractivity contribution in [2.75, 3.05) is 0 Å². The van der Waals surface area contributed by atoms with E-state index in [9.17, 15) is 4.79 Å². The summed E-state index contributed by atoms with van der Waals surface area (Å²) in [7, 11) is 0. The SMILES string of the molecule is Cc1ccc([C@@H](C)n2nc3n(c2=O)CCCC3)cc1. The Labute approximate surface area is 112 Å². The van der Waals surface area contributed by atoms with Gasteiger partial charge >= 0.3 is 5.69 Å². The van der Waals surface area contributed by atoms with Gasteiger partial charge in [0.1, 0.15) is 5.82 Å². The summed E-state index contributed by atoms with van der Waals surface area (Å²) in [5, 5.41) is 4.52. The van der Waals surface area contributed by atoms with Gasteiger partial charge in [0.05, 0.1) is 6.04 Å². The number of rotatable bonds is 2. The van der Waals surface area contributed by atoms with Crippen LogP contribution in [0.1, 0.15) is 42.8 Å². The summed E-state index contributed by atoms with van der Waals surface area (Å²) in [5.74, 6) is 0.940. The van der Waals surface area contributed by atoms with Crippen LogP contribution in [-0.4, -0.2) is 14.3 Å². The van der Waals surface area contributed by atoms with Crippen molar-refractivity contribution < 1.29 is 0 Å². The lowest BCUT2D eigenvalue weighted by atomic mass is 10.1. The van der Waals surface area contributed by atoms with Crippen LogP contribution in [0.4, 0.5) is 0 Å². The fraction of sp³-hybridized carbons (Fsp3) is 0.467. The molecule has 3 rings (SSSR count). The van der Waals surface area contributed by atoms with E-state index in [2.05, 4.69) is 36.3 Å². The van der Waals surface area contributed by atoms with Crippen molar-refractivity contribution in [1.29, 1.82) is 0 Å². The maximum Gasteiger partial charge on any atom is 0.346 e. The number of hydrogen-bond donors (Lipinski definition) is 0. The topological polar surface area (TPSA) is 39.8 Å². The van der Waals surface area contributed by atoms with Crippen LogP contribution < -0.4 is 5.69 Å². The van der Waals surface area contributed by atoms with E-state index in [0.717, 1.165) is 37.2 Å². The first-order chi connectivity index (χ1) is 9.16. The molecule has 0 fully saturated rings. The molecule has 0 aliphatic carbocycles. The lowest BCUT2D eigenvalue weighted by Gasteiger charge is -2.11. The van der Waals surface area contributed by atoms with E-state index in [1.165, 1.54) is 5.56 Å². The van der Waals surface area contributed by atoms with Gasteiger partial charge in [-0.3, -0.25) is 4.57 Å². The Morgan fingerprint density at radius 2 is 1.95 bits per heavy atom. The molecule has 1 aliphatic rings. The Hall–Kier alpha value is -1.84. The van der Waals surface area contributed by atoms with Crippen LogP contribution in [-0.2, 0) is 13.0 Å². The van der Waals surface area contributed by atoms with Gasteiger partial charge in [-0.15, -0.1) is 0 Å². The van der Waals surface area contributed by atoms with Crippen molar-refractivity contribution in [3.05, 3.63) is 51.7 Å². The Morgan fingerprint density at radius 3 is 2.63 bits per heavy atom. The van der Waals surface area contributed by atoms with Crippen molar-refractivity contribution >= 4 is 0 Å². The second kappa shape index (κ2) is 4.68. The maximum absolute atomic E-state index is 12.4. The highest BCUT2D eigenvalue weighted by atomic mass is 16.2. The summed E-state index contributed by atoms with van der Waals surface area (Å²) in [4.78, 5) is 12.4. The third kappa shape index (κ3) is 2.11.